The van der Waals surface area contributed by atoms with Crippen molar-refractivity contribution in [3.8, 4) is 11.3 Å². The number of nitrogens with zero attached hydrogens (tertiary/aromatic N) is 3. The first-order valence-corrected chi connectivity index (χ1v) is 13.2. The van der Waals surface area contributed by atoms with Gasteiger partial charge in [-0.05, 0) is 23.3 Å². The first-order chi connectivity index (χ1) is 17.2. The summed E-state index contributed by atoms with van der Waals surface area (Å²) in [4.78, 5) is 22.5. The third kappa shape index (κ3) is 5.99. The van der Waals surface area contributed by atoms with Gasteiger partial charge >= 0.3 is 0 Å². The molecule has 0 saturated carbocycles. The lowest BCUT2D eigenvalue weighted by Crippen LogP contribution is -2.48. The third-order valence-corrected chi connectivity index (χ3v) is 7.64. The minimum Gasteiger partial charge on any atom is -0.340 e. The Bertz CT molecular complexity index is 1200. The summed E-state index contributed by atoms with van der Waals surface area (Å²) in [6, 6.07) is 28.5. The molecule has 1 aromatic heterocycles. The molecule has 4 nitrogen and oxygen atoms in total. The van der Waals surface area contributed by atoms with E-state index in [2.05, 4.69) is 34.5 Å². The molecule has 178 valence electrons. The SMILES string of the molecule is O=C(CC(c1ccccc1)c1ccccc1)N1CCN(Cc2nc(-c3ccc(Cl)cc3)cs2)CC1. The highest BCUT2D eigenvalue weighted by atomic mass is 35.5. The molecule has 0 atom stereocenters. The second kappa shape index (κ2) is 11.2. The fourth-order valence-corrected chi connectivity index (χ4v) is 5.56. The Balaban J connectivity index is 1.18. The van der Waals surface area contributed by atoms with E-state index in [-0.39, 0.29) is 11.8 Å². The second-order valence-corrected chi connectivity index (χ2v) is 10.2. The summed E-state index contributed by atoms with van der Waals surface area (Å²) >= 11 is 7.69. The van der Waals surface area contributed by atoms with Crippen molar-refractivity contribution in [3.63, 3.8) is 0 Å². The molecule has 1 saturated heterocycles. The number of rotatable bonds is 7. The molecule has 0 spiro atoms. The summed E-state index contributed by atoms with van der Waals surface area (Å²) in [6.07, 6.45) is 0.491. The zero-order valence-corrected chi connectivity index (χ0v) is 21.1. The predicted octanol–water partition coefficient (Wildman–Crippen LogP) is 6.33. The Morgan fingerprint density at radius 2 is 1.46 bits per heavy atom. The lowest BCUT2D eigenvalue weighted by molar-refractivity contribution is -0.133. The summed E-state index contributed by atoms with van der Waals surface area (Å²) in [5.74, 6) is 0.297. The Hall–Kier alpha value is -2.99. The summed E-state index contributed by atoms with van der Waals surface area (Å²) in [5.41, 5.74) is 4.44. The van der Waals surface area contributed by atoms with Gasteiger partial charge < -0.3 is 4.90 Å². The van der Waals surface area contributed by atoms with Crippen LogP contribution < -0.4 is 0 Å². The van der Waals surface area contributed by atoms with Crippen LogP contribution in [-0.4, -0.2) is 46.9 Å². The standard InChI is InChI=1S/C29H28ClN3OS/c30-25-13-11-24(12-14-25)27-21-35-28(31-27)20-32-15-17-33(18-16-32)29(34)19-26(22-7-3-1-4-8-22)23-9-5-2-6-10-23/h1-14,21,26H,15-20H2. The van der Waals surface area contributed by atoms with E-state index in [1.165, 1.54) is 11.1 Å². The van der Waals surface area contributed by atoms with E-state index >= 15 is 0 Å². The molecular weight excluding hydrogens is 474 g/mol. The average molecular weight is 502 g/mol. The topological polar surface area (TPSA) is 36.4 Å². The molecule has 4 aromatic rings. The van der Waals surface area contributed by atoms with Crippen LogP contribution in [0.2, 0.25) is 5.02 Å². The minimum atomic E-state index is 0.0736. The number of benzene rings is 3. The van der Waals surface area contributed by atoms with Crippen molar-refractivity contribution in [1.29, 1.82) is 0 Å². The molecule has 6 heteroatoms. The monoisotopic (exact) mass is 501 g/mol. The third-order valence-electron chi connectivity index (χ3n) is 6.56. The zero-order valence-electron chi connectivity index (χ0n) is 19.5. The van der Waals surface area contributed by atoms with Crippen LogP contribution in [0, 0.1) is 0 Å². The van der Waals surface area contributed by atoms with Crippen molar-refractivity contribution >= 4 is 28.8 Å². The molecule has 0 unspecified atom stereocenters. The molecule has 3 aromatic carbocycles. The van der Waals surface area contributed by atoms with Crippen LogP contribution in [0.4, 0.5) is 0 Å². The van der Waals surface area contributed by atoms with Crippen LogP contribution >= 0.6 is 22.9 Å². The lowest BCUT2D eigenvalue weighted by Gasteiger charge is -2.35. The quantitative estimate of drug-likeness (QED) is 0.297. The van der Waals surface area contributed by atoms with E-state index in [0.29, 0.717) is 6.42 Å². The number of amides is 1. The van der Waals surface area contributed by atoms with Gasteiger partial charge in [-0.3, -0.25) is 9.69 Å². The number of halogens is 1. The molecule has 0 aliphatic carbocycles. The van der Waals surface area contributed by atoms with Crippen molar-refractivity contribution in [1.82, 2.24) is 14.8 Å². The van der Waals surface area contributed by atoms with Crippen molar-refractivity contribution in [2.45, 2.75) is 18.9 Å². The predicted molar refractivity (Wildman–Crippen MR) is 144 cm³/mol. The fraction of sp³-hybridized carbons (Fsp3) is 0.241. The summed E-state index contributed by atoms with van der Waals surface area (Å²) in [6.45, 7) is 4.05. The highest BCUT2D eigenvalue weighted by Gasteiger charge is 2.25. The van der Waals surface area contributed by atoms with Gasteiger partial charge in [0.25, 0.3) is 0 Å². The van der Waals surface area contributed by atoms with Gasteiger partial charge in [-0.15, -0.1) is 11.3 Å². The smallest absolute Gasteiger partial charge is 0.223 e. The highest BCUT2D eigenvalue weighted by molar-refractivity contribution is 7.09. The first kappa shape index (κ1) is 23.7. The largest absolute Gasteiger partial charge is 0.340 e. The van der Waals surface area contributed by atoms with E-state index in [4.69, 9.17) is 16.6 Å². The van der Waals surface area contributed by atoms with E-state index in [1.54, 1.807) is 11.3 Å². The average Bonchev–Trinajstić information content (AvgIpc) is 3.37. The van der Waals surface area contributed by atoms with Gasteiger partial charge in [0.1, 0.15) is 5.01 Å². The van der Waals surface area contributed by atoms with Crippen molar-refractivity contribution in [2.24, 2.45) is 0 Å². The van der Waals surface area contributed by atoms with Gasteiger partial charge in [0.15, 0.2) is 0 Å². The fourth-order valence-electron chi connectivity index (χ4n) is 4.59. The maximum absolute atomic E-state index is 13.3. The maximum Gasteiger partial charge on any atom is 0.223 e. The van der Waals surface area contributed by atoms with E-state index in [9.17, 15) is 4.79 Å². The number of aromatic nitrogens is 1. The Morgan fingerprint density at radius 1 is 0.857 bits per heavy atom. The Morgan fingerprint density at radius 3 is 2.06 bits per heavy atom. The Labute approximate surface area is 215 Å². The molecule has 1 fully saturated rings. The van der Waals surface area contributed by atoms with Crippen molar-refractivity contribution < 1.29 is 4.79 Å². The van der Waals surface area contributed by atoms with Gasteiger partial charge in [0.2, 0.25) is 5.91 Å². The van der Waals surface area contributed by atoms with E-state index in [1.807, 2.05) is 65.6 Å². The van der Waals surface area contributed by atoms with Crippen LogP contribution in [-0.2, 0) is 11.3 Å². The zero-order chi connectivity index (χ0) is 24.0. The van der Waals surface area contributed by atoms with E-state index < -0.39 is 0 Å². The second-order valence-electron chi connectivity index (χ2n) is 8.87. The molecule has 0 N–H and O–H groups in total. The van der Waals surface area contributed by atoms with Gasteiger partial charge in [-0.25, -0.2) is 4.98 Å². The first-order valence-electron chi connectivity index (χ1n) is 12.0. The number of thiazole rings is 1. The number of piperazine rings is 1. The summed E-state index contributed by atoms with van der Waals surface area (Å²) in [5, 5.41) is 3.93. The lowest BCUT2D eigenvalue weighted by atomic mass is 9.88. The molecular formula is C29H28ClN3OS. The molecule has 1 aliphatic rings. The van der Waals surface area contributed by atoms with Gasteiger partial charge in [-0.1, -0.05) is 84.4 Å². The molecule has 1 amide bonds. The minimum absolute atomic E-state index is 0.0736. The molecule has 2 heterocycles. The maximum atomic E-state index is 13.3. The van der Waals surface area contributed by atoms with Crippen LogP contribution in [0.5, 0.6) is 0 Å². The van der Waals surface area contributed by atoms with Crippen molar-refractivity contribution in [2.75, 3.05) is 26.2 Å². The number of hydrogen-bond donors (Lipinski definition) is 0. The van der Waals surface area contributed by atoms with Crippen LogP contribution in [0.25, 0.3) is 11.3 Å². The van der Waals surface area contributed by atoms with Gasteiger partial charge in [0, 0.05) is 54.5 Å². The molecule has 0 radical (unpaired) electrons. The normalized spacial score (nSPS) is 14.4. The van der Waals surface area contributed by atoms with E-state index in [0.717, 1.165) is 54.0 Å². The molecule has 1 aliphatic heterocycles. The number of carbonyl (C=O) groups is 1. The summed E-state index contributed by atoms with van der Waals surface area (Å²) in [7, 11) is 0. The van der Waals surface area contributed by atoms with Crippen LogP contribution in [0.15, 0.2) is 90.3 Å². The summed E-state index contributed by atoms with van der Waals surface area (Å²) < 4.78 is 0. The Kier molecular flexibility index (Phi) is 7.57. The van der Waals surface area contributed by atoms with Crippen LogP contribution in [0.3, 0.4) is 0 Å². The number of hydrogen-bond acceptors (Lipinski definition) is 4. The molecule has 0 bridgehead atoms. The van der Waals surface area contributed by atoms with Gasteiger partial charge in [-0.2, -0.15) is 0 Å². The highest BCUT2D eigenvalue weighted by Crippen LogP contribution is 2.29. The number of carbonyl (C=O) groups excluding carboxylic acids is 1. The van der Waals surface area contributed by atoms with Crippen molar-refractivity contribution in [3.05, 3.63) is 111 Å². The van der Waals surface area contributed by atoms with Gasteiger partial charge in [0.05, 0.1) is 12.2 Å². The molecule has 35 heavy (non-hydrogen) atoms. The molecule has 5 rings (SSSR count). The van der Waals surface area contributed by atoms with Crippen LogP contribution in [0.1, 0.15) is 28.5 Å².